The first kappa shape index (κ1) is 28.4. The van der Waals surface area contributed by atoms with Crippen LogP contribution in [-0.4, -0.2) is 35.1 Å². The number of methoxy groups -OCH3 is 1. The van der Waals surface area contributed by atoms with Crippen molar-refractivity contribution >= 4 is 35.0 Å². The van der Waals surface area contributed by atoms with Gasteiger partial charge >= 0.3 is 11.9 Å². The van der Waals surface area contributed by atoms with Crippen molar-refractivity contribution in [1.82, 2.24) is 4.57 Å². The van der Waals surface area contributed by atoms with Crippen LogP contribution in [0.15, 0.2) is 80.1 Å². The number of aromatic nitrogens is 1. The van der Waals surface area contributed by atoms with Crippen molar-refractivity contribution in [3.63, 3.8) is 0 Å². The molecule has 1 atom stereocenters. The first-order chi connectivity index (χ1) is 20.1. The Morgan fingerprint density at radius 3 is 2.52 bits per heavy atom. The van der Waals surface area contributed by atoms with Crippen LogP contribution >= 0.6 is 11.3 Å². The molecule has 0 N–H and O–H groups in total. The topological polar surface area (TPSA) is 143 Å². The molecule has 0 amide bonds. The molecule has 2 aromatic heterocycles. The Hall–Kier alpha value is -5.10. The molecule has 0 saturated carbocycles. The standard InChI is InChI=1S/C30H25N3O8S/c1-5-40-29(36)25-17(3)31-30-32(26(25)20-7-6-16(2)22(14-20)33(37)38)27(34)24(42-30)15-21-12-13-23(41-21)18-8-10-19(11-9-18)28(35)39-4/h6-15,26H,5H2,1-4H3/b24-15+/t26-/m0/s1. The molecule has 0 unspecified atom stereocenters. The minimum absolute atomic E-state index is 0.104. The van der Waals surface area contributed by atoms with E-state index in [1.54, 1.807) is 75.4 Å². The van der Waals surface area contributed by atoms with Crippen molar-refractivity contribution in [2.75, 3.05) is 13.7 Å². The van der Waals surface area contributed by atoms with Crippen molar-refractivity contribution in [2.45, 2.75) is 26.8 Å². The van der Waals surface area contributed by atoms with Gasteiger partial charge < -0.3 is 13.9 Å². The fraction of sp³-hybridized carbons (Fsp3) is 0.200. The van der Waals surface area contributed by atoms with Crippen LogP contribution in [0.5, 0.6) is 0 Å². The van der Waals surface area contributed by atoms with E-state index in [9.17, 15) is 24.5 Å². The number of fused-ring (bicyclic) bond motifs is 1. The Bertz CT molecular complexity index is 1950. The monoisotopic (exact) mass is 587 g/mol. The highest BCUT2D eigenvalue weighted by molar-refractivity contribution is 7.07. The second kappa shape index (κ2) is 11.4. The summed E-state index contributed by atoms with van der Waals surface area (Å²) in [5, 5.41) is 11.7. The summed E-state index contributed by atoms with van der Waals surface area (Å²) < 4.78 is 17.6. The molecule has 0 bridgehead atoms. The number of thiazole rings is 1. The number of nitrogens with zero attached hydrogens (tertiary/aromatic N) is 3. The van der Waals surface area contributed by atoms with E-state index in [1.807, 2.05) is 0 Å². The van der Waals surface area contributed by atoms with Gasteiger partial charge in [-0.2, -0.15) is 0 Å². The van der Waals surface area contributed by atoms with Crippen LogP contribution in [-0.2, 0) is 14.3 Å². The van der Waals surface area contributed by atoms with Gasteiger partial charge in [-0.15, -0.1) is 0 Å². The van der Waals surface area contributed by atoms with Crippen molar-refractivity contribution in [2.24, 2.45) is 4.99 Å². The summed E-state index contributed by atoms with van der Waals surface area (Å²) >= 11 is 1.11. The van der Waals surface area contributed by atoms with Crippen LogP contribution in [0.25, 0.3) is 17.4 Å². The van der Waals surface area contributed by atoms with E-state index in [2.05, 4.69) is 4.99 Å². The summed E-state index contributed by atoms with van der Waals surface area (Å²) in [6.07, 6.45) is 1.58. The van der Waals surface area contributed by atoms with Gasteiger partial charge in [0.15, 0.2) is 4.80 Å². The number of nitro groups is 1. The fourth-order valence-electron chi connectivity index (χ4n) is 4.70. The molecule has 42 heavy (non-hydrogen) atoms. The molecule has 11 nitrogen and oxygen atoms in total. The average Bonchev–Trinajstić information content (AvgIpc) is 3.56. The van der Waals surface area contributed by atoms with Crippen molar-refractivity contribution in [3.05, 3.63) is 118 Å². The maximum atomic E-state index is 13.8. The zero-order valence-electron chi connectivity index (χ0n) is 23.1. The third-order valence-electron chi connectivity index (χ3n) is 6.75. The second-order valence-corrected chi connectivity index (χ2v) is 10.4. The summed E-state index contributed by atoms with van der Waals surface area (Å²) in [6, 6.07) is 13.8. The number of hydrogen-bond acceptors (Lipinski definition) is 10. The van der Waals surface area contributed by atoms with Gasteiger partial charge in [0.25, 0.3) is 11.2 Å². The second-order valence-electron chi connectivity index (χ2n) is 9.38. The predicted octanol–water partition coefficient (Wildman–Crippen LogP) is 4.06. The summed E-state index contributed by atoms with van der Waals surface area (Å²) in [5.41, 5.74) is 1.86. The van der Waals surface area contributed by atoms with E-state index < -0.39 is 28.5 Å². The number of furan rings is 1. The maximum Gasteiger partial charge on any atom is 0.338 e. The van der Waals surface area contributed by atoms with Crippen LogP contribution in [0.2, 0.25) is 0 Å². The quantitative estimate of drug-likeness (QED) is 0.179. The number of nitro benzene ring substituents is 1. The summed E-state index contributed by atoms with van der Waals surface area (Å²) in [6.45, 7) is 5.03. The molecule has 0 fully saturated rings. The normalized spacial score (nSPS) is 14.8. The molecule has 4 aromatic rings. The van der Waals surface area contributed by atoms with Crippen LogP contribution in [0.4, 0.5) is 5.69 Å². The van der Waals surface area contributed by atoms with Gasteiger partial charge in [-0.25, -0.2) is 14.6 Å². The largest absolute Gasteiger partial charge is 0.465 e. The molecule has 3 heterocycles. The maximum absolute atomic E-state index is 13.8. The predicted molar refractivity (Wildman–Crippen MR) is 154 cm³/mol. The van der Waals surface area contributed by atoms with E-state index >= 15 is 0 Å². The molecule has 214 valence electrons. The number of hydrogen-bond donors (Lipinski definition) is 0. The van der Waals surface area contributed by atoms with E-state index in [0.717, 1.165) is 16.9 Å². The van der Waals surface area contributed by atoms with Gasteiger partial charge in [-0.3, -0.25) is 19.5 Å². The molecule has 0 aliphatic carbocycles. The Balaban J connectivity index is 1.61. The molecular weight excluding hydrogens is 562 g/mol. The number of carbonyl (C=O) groups excluding carboxylic acids is 2. The van der Waals surface area contributed by atoms with Crippen molar-refractivity contribution in [1.29, 1.82) is 0 Å². The molecule has 0 saturated heterocycles. The molecule has 12 heteroatoms. The molecule has 1 aliphatic heterocycles. The van der Waals surface area contributed by atoms with Crippen molar-refractivity contribution < 1.29 is 28.4 Å². The lowest BCUT2D eigenvalue weighted by atomic mass is 9.94. The lowest BCUT2D eigenvalue weighted by molar-refractivity contribution is -0.385. The number of ether oxygens (including phenoxy) is 2. The van der Waals surface area contributed by atoms with Gasteiger partial charge in [-0.1, -0.05) is 35.6 Å². The van der Waals surface area contributed by atoms with Crippen LogP contribution < -0.4 is 14.9 Å². The molecule has 0 spiro atoms. The lowest BCUT2D eigenvalue weighted by Gasteiger charge is -2.24. The van der Waals surface area contributed by atoms with Gasteiger partial charge in [0.05, 0.1) is 46.0 Å². The number of carbonyl (C=O) groups is 2. The number of allylic oxidation sites excluding steroid dienone is 1. The van der Waals surface area contributed by atoms with E-state index in [4.69, 9.17) is 13.9 Å². The zero-order chi connectivity index (χ0) is 30.1. The van der Waals surface area contributed by atoms with Crippen molar-refractivity contribution in [3.8, 4) is 11.3 Å². The van der Waals surface area contributed by atoms with Gasteiger partial charge in [-0.05, 0) is 50.6 Å². The average molecular weight is 588 g/mol. The number of benzene rings is 2. The summed E-state index contributed by atoms with van der Waals surface area (Å²) in [7, 11) is 1.31. The Kier molecular flexibility index (Phi) is 7.72. The number of aryl methyl sites for hydroxylation is 1. The first-order valence-corrected chi connectivity index (χ1v) is 13.7. The minimum atomic E-state index is -0.984. The lowest BCUT2D eigenvalue weighted by Crippen LogP contribution is -2.40. The smallest absolute Gasteiger partial charge is 0.338 e. The number of esters is 2. The molecule has 5 rings (SSSR count). The third kappa shape index (κ3) is 5.19. The van der Waals surface area contributed by atoms with Gasteiger partial charge in [0.2, 0.25) is 0 Å². The third-order valence-corrected chi connectivity index (χ3v) is 7.74. The van der Waals surface area contributed by atoms with Crippen LogP contribution in [0.1, 0.15) is 47.1 Å². The zero-order valence-corrected chi connectivity index (χ0v) is 23.9. The Labute approximate surface area is 242 Å². The molecular formula is C30H25N3O8S. The Morgan fingerprint density at radius 1 is 1.12 bits per heavy atom. The highest BCUT2D eigenvalue weighted by Crippen LogP contribution is 2.33. The molecule has 0 radical (unpaired) electrons. The molecule has 2 aromatic carbocycles. The van der Waals surface area contributed by atoms with Gasteiger partial charge in [0.1, 0.15) is 11.5 Å². The van der Waals surface area contributed by atoms with E-state index in [-0.39, 0.29) is 17.9 Å². The summed E-state index contributed by atoms with van der Waals surface area (Å²) in [5.74, 6) is -0.181. The SMILES string of the molecule is CCOC(=O)C1=C(C)N=c2s/c(=C/c3ccc(-c4ccc(C(=O)OC)cc4)o3)c(=O)n2[C@H]1c1ccc(C)c([N+](=O)[O-])c1. The Morgan fingerprint density at radius 2 is 1.86 bits per heavy atom. The first-order valence-electron chi connectivity index (χ1n) is 12.9. The van der Waals surface area contributed by atoms with E-state index in [0.29, 0.717) is 43.2 Å². The minimum Gasteiger partial charge on any atom is -0.465 e. The van der Waals surface area contributed by atoms with Crippen LogP contribution in [0.3, 0.4) is 0 Å². The molecule has 1 aliphatic rings. The number of rotatable bonds is 7. The van der Waals surface area contributed by atoms with Crippen LogP contribution in [0, 0.1) is 17.0 Å². The highest BCUT2D eigenvalue weighted by atomic mass is 32.1. The highest BCUT2D eigenvalue weighted by Gasteiger charge is 2.34. The van der Waals surface area contributed by atoms with Gasteiger partial charge in [0, 0.05) is 23.3 Å². The fourth-order valence-corrected chi connectivity index (χ4v) is 5.73. The van der Waals surface area contributed by atoms with E-state index in [1.165, 1.54) is 17.7 Å². The summed E-state index contributed by atoms with van der Waals surface area (Å²) in [4.78, 5) is 54.7.